The minimum Gasteiger partial charge on any atom is -0.328 e. The van der Waals surface area contributed by atoms with Gasteiger partial charge in [0.25, 0.3) is 0 Å². The quantitative estimate of drug-likeness (QED) is 0.609. The fraction of sp³-hybridized carbons (Fsp3) is 1.00. The van der Waals surface area contributed by atoms with Crippen molar-refractivity contribution < 1.29 is 8.42 Å². The first kappa shape index (κ1) is 13.9. The first-order valence-electron chi connectivity index (χ1n) is 5.87. The molecule has 0 spiro atoms. The number of sulfonamides is 1. The maximum absolute atomic E-state index is 11.3. The molecule has 5 nitrogen and oxygen atoms in total. The van der Waals surface area contributed by atoms with Crippen LogP contribution in [-0.2, 0) is 10.0 Å². The van der Waals surface area contributed by atoms with Gasteiger partial charge in [-0.3, -0.25) is 0 Å². The van der Waals surface area contributed by atoms with Crippen molar-refractivity contribution in [3.8, 4) is 0 Å². The average molecular weight is 249 g/mol. The predicted octanol–water partition coefficient (Wildman–Crippen LogP) is -0.263. The highest BCUT2D eigenvalue weighted by molar-refractivity contribution is 7.88. The molecule has 0 aliphatic heterocycles. The molecule has 0 heterocycles. The van der Waals surface area contributed by atoms with Crippen LogP contribution in [0.1, 0.15) is 26.2 Å². The minimum atomic E-state index is -3.03. The van der Waals surface area contributed by atoms with Gasteiger partial charge in [0.05, 0.1) is 6.26 Å². The van der Waals surface area contributed by atoms with E-state index in [0.29, 0.717) is 25.2 Å². The van der Waals surface area contributed by atoms with E-state index < -0.39 is 10.0 Å². The first-order chi connectivity index (χ1) is 7.43. The second kappa shape index (κ2) is 5.95. The van der Waals surface area contributed by atoms with Gasteiger partial charge >= 0.3 is 0 Å². The van der Waals surface area contributed by atoms with E-state index in [9.17, 15) is 8.42 Å². The molecule has 1 rings (SSSR count). The Morgan fingerprint density at radius 1 is 1.44 bits per heavy atom. The second-order valence-corrected chi connectivity index (χ2v) is 6.47. The molecule has 1 aliphatic rings. The number of nitrogens with two attached hydrogens (primary N) is 1. The van der Waals surface area contributed by atoms with E-state index in [2.05, 4.69) is 5.32 Å². The van der Waals surface area contributed by atoms with Crippen molar-refractivity contribution in [2.75, 3.05) is 25.9 Å². The summed E-state index contributed by atoms with van der Waals surface area (Å²) in [6.07, 6.45) is 4.20. The largest absolute Gasteiger partial charge is 0.328 e. The third-order valence-electron chi connectivity index (χ3n) is 3.01. The van der Waals surface area contributed by atoms with Crippen molar-refractivity contribution in [2.45, 2.75) is 38.3 Å². The van der Waals surface area contributed by atoms with E-state index in [1.54, 1.807) is 0 Å². The second-order valence-electron chi connectivity index (χ2n) is 4.49. The molecule has 1 saturated carbocycles. The minimum absolute atomic E-state index is 0.362. The lowest BCUT2D eigenvalue weighted by molar-refractivity contribution is 0.288. The standard InChI is InChI=1S/C10H23N3O2S/c1-3-13(16(2,14)15)6-4-5-12-10-7-9(11)8-10/h9-10,12H,3-8,11H2,1-2H3. The van der Waals surface area contributed by atoms with Crippen molar-refractivity contribution in [2.24, 2.45) is 5.73 Å². The summed E-state index contributed by atoms with van der Waals surface area (Å²) in [6, 6.07) is 0.906. The third-order valence-corrected chi connectivity index (χ3v) is 4.39. The number of rotatable bonds is 7. The van der Waals surface area contributed by atoms with E-state index in [0.717, 1.165) is 25.8 Å². The van der Waals surface area contributed by atoms with Gasteiger partial charge in [-0.25, -0.2) is 12.7 Å². The van der Waals surface area contributed by atoms with Crippen LogP contribution in [0.5, 0.6) is 0 Å². The van der Waals surface area contributed by atoms with Crippen LogP contribution in [0.3, 0.4) is 0 Å². The zero-order chi connectivity index (χ0) is 12.2. The summed E-state index contributed by atoms with van der Waals surface area (Å²) in [5, 5.41) is 3.38. The van der Waals surface area contributed by atoms with Crippen LogP contribution < -0.4 is 11.1 Å². The summed E-state index contributed by atoms with van der Waals surface area (Å²) in [5.74, 6) is 0. The Hall–Kier alpha value is -0.170. The van der Waals surface area contributed by atoms with Crippen LogP contribution in [0, 0.1) is 0 Å². The lowest BCUT2D eigenvalue weighted by atomic mass is 9.88. The molecule has 96 valence electrons. The smallest absolute Gasteiger partial charge is 0.211 e. The molecule has 0 aromatic heterocycles. The monoisotopic (exact) mass is 249 g/mol. The summed E-state index contributed by atoms with van der Waals surface area (Å²) >= 11 is 0. The molecular formula is C10H23N3O2S. The summed E-state index contributed by atoms with van der Waals surface area (Å²) in [7, 11) is -3.03. The molecular weight excluding hydrogens is 226 g/mol. The molecule has 6 heteroatoms. The van der Waals surface area contributed by atoms with Gasteiger partial charge in [-0.05, 0) is 25.8 Å². The summed E-state index contributed by atoms with van der Waals surface area (Å²) in [4.78, 5) is 0. The highest BCUT2D eigenvalue weighted by Crippen LogP contribution is 2.16. The van der Waals surface area contributed by atoms with Crippen LogP contribution in [0.4, 0.5) is 0 Å². The molecule has 0 atom stereocenters. The molecule has 0 aromatic carbocycles. The molecule has 16 heavy (non-hydrogen) atoms. The van der Waals surface area contributed by atoms with Gasteiger partial charge < -0.3 is 11.1 Å². The predicted molar refractivity (Wildman–Crippen MR) is 65.7 cm³/mol. The van der Waals surface area contributed by atoms with E-state index in [1.807, 2.05) is 6.92 Å². The Labute approximate surface area is 98.4 Å². The Balaban J connectivity index is 2.10. The van der Waals surface area contributed by atoms with Crippen molar-refractivity contribution in [1.29, 1.82) is 0 Å². The van der Waals surface area contributed by atoms with Crippen molar-refractivity contribution in [1.82, 2.24) is 9.62 Å². The highest BCUT2D eigenvalue weighted by atomic mass is 32.2. The molecule has 0 bridgehead atoms. The molecule has 0 unspecified atom stereocenters. The normalized spacial score (nSPS) is 25.8. The third kappa shape index (κ3) is 4.37. The van der Waals surface area contributed by atoms with Crippen molar-refractivity contribution >= 4 is 10.0 Å². The fourth-order valence-corrected chi connectivity index (χ4v) is 2.88. The fourth-order valence-electron chi connectivity index (χ4n) is 1.95. The van der Waals surface area contributed by atoms with Gasteiger partial charge in [0, 0.05) is 25.2 Å². The van der Waals surface area contributed by atoms with Crippen LogP contribution in [-0.4, -0.2) is 50.7 Å². The topological polar surface area (TPSA) is 75.4 Å². The van der Waals surface area contributed by atoms with Gasteiger partial charge in [-0.1, -0.05) is 6.92 Å². The Kier molecular flexibility index (Phi) is 5.17. The molecule has 1 aliphatic carbocycles. The number of nitrogens with zero attached hydrogens (tertiary/aromatic N) is 1. The maximum Gasteiger partial charge on any atom is 0.211 e. The van der Waals surface area contributed by atoms with Gasteiger partial charge in [0.2, 0.25) is 10.0 Å². The van der Waals surface area contributed by atoms with Gasteiger partial charge in [0.15, 0.2) is 0 Å². The number of hydrogen-bond acceptors (Lipinski definition) is 4. The maximum atomic E-state index is 11.3. The van der Waals surface area contributed by atoms with Crippen LogP contribution >= 0.6 is 0 Å². The first-order valence-corrected chi connectivity index (χ1v) is 7.72. The molecule has 0 amide bonds. The SMILES string of the molecule is CCN(CCCNC1CC(N)C1)S(C)(=O)=O. The van der Waals surface area contributed by atoms with Crippen molar-refractivity contribution in [3.63, 3.8) is 0 Å². The van der Waals surface area contributed by atoms with E-state index in [4.69, 9.17) is 5.73 Å². The van der Waals surface area contributed by atoms with Gasteiger partial charge in [0.1, 0.15) is 0 Å². The van der Waals surface area contributed by atoms with Crippen LogP contribution in [0.2, 0.25) is 0 Å². The van der Waals surface area contributed by atoms with E-state index in [-0.39, 0.29) is 0 Å². The number of nitrogens with one attached hydrogen (secondary N) is 1. The zero-order valence-electron chi connectivity index (χ0n) is 10.1. The molecule has 3 N–H and O–H groups in total. The highest BCUT2D eigenvalue weighted by Gasteiger charge is 2.24. The summed E-state index contributed by atoms with van der Waals surface area (Å²) in [6.45, 7) is 3.87. The lowest BCUT2D eigenvalue weighted by Crippen LogP contribution is -2.48. The number of hydrogen-bond donors (Lipinski definition) is 2. The Morgan fingerprint density at radius 3 is 2.50 bits per heavy atom. The zero-order valence-corrected chi connectivity index (χ0v) is 11.0. The van der Waals surface area contributed by atoms with Gasteiger partial charge in [-0.15, -0.1) is 0 Å². The molecule has 0 aromatic rings. The summed E-state index contributed by atoms with van der Waals surface area (Å²) < 4.78 is 24.1. The average Bonchev–Trinajstić information content (AvgIpc) is 2.12. The van der Waals surface area contributed by atoms with Crippen LogP contribution in [0.15, 0.2) is 0 Å². The van der Waals surface area contributed by atoms with E-state index in [1.165, 1.54) is 10.6 Å². The van der Waals surface area contributed by atoms with Crippen molar-refractivity contribution in [3.05, 3.63) is 0 Å². The summed E-state index contributed by atoms with van der Waals surface area (Å²) in [5.41, 5.74) is 5.67. The Bertz CT molecular complexity index is 299. The molecule has 0 radical (unpaired) electrons. The van der Waals surface area contributed by atoms with Crippen LogP contribution in [0.25, 0.3) is 0 Å². The Morgan fingerprint density at radius 2 is 2.06 bits per heavy atom. The lowest BCUT2D eigenvalue weighted by Gasteiger charge is -2.33. The molecule has 1 fully saturated rings. The molecule has 0 saturated heterocycles. The van der Waals surface area contributed by atoms with E-state index >= 15 is 0 Å². The van der Waals surface area contributed by atoms with Gasteiger partial charge in [-0.2, -0.15) is 0 Å².